The number of benzene rings is 1. The zero-order chi connectivity index (χ0) is 18.6. The van der Waals surface area contributed by atoms with Gasteiger partial charge in [-0.2, -0.15) is 0 Å². The number of thiophene rings is 1. The SMILES string of the molecule is CCCCOC(=O)c1cccc(Nc2ncnc3sc4c(c23)CCCC4)c1. The molecule has 0 aliphatic heterocycles. The third-order valence-corrected chi connectivity index (χ3v) is 6.04. The van der Waals surface area contributed by atoms with Crippen LogP contribution in [0.4, 0.5) is 11.5 Å². The van der Waals surface area contributed by atoms with Crippen LogP contribution in [0.15, 0.2) is 30.6 Å². The lowest BCUT2D eigenvalue weighted by molar-refractivity contribution is 0.0500. The number of esters is 1. The first-order valence-electron chi connectivity index (χ1n) is 9.55. The number of aryl methyl sites for hydroxylation is 2. The molecule has 2 aromatic heterocycles. The summed E-state index contributed by atoms with van der Waals surface area (Å²) in [6, 6.07) is 7.40. The maximum Gasteiger partial charge on any atom is 0.338 e. The first kappa shape index (κ1) is 17.9. The molecule has 6 heteroatoms. The Morgan fingerprint density at radius 1 is 1.26 bits per heavy atom. The number of fused-ring (bicyclic) bond motifs is 3. The van der Waals surface area contributed by atoms with Crippen LogP contribution < -0.4 is 5.32 Å². The summed E-state index contributed by atoms with van der Waals surface area (Å²) in [7, 11) is 0. The van der Waals surface area contributed by atoms with Gasteiger partial charge in [-0.1, -0.05) is 19.4 Å². The van der Waals surface area contributed by atoms with Gasteiger partial charge in [0.2, 0.25) is 0 Å². The number of unbranched alkanes of at least 4 members (excludes halogenated alkanes) is 1. The molecule has 1 aliphatic rings. The molecular formula is C21H23N3O2S. The Labute approximate surface area is 162 Å². The standard InChI is InChI=1S/C21H23N3O2S/c1-2-3-11-26-21(25)14-7-6-8-15(12-14)24-19-18-16-9-4-5-10-17(16)27-20(18)23-13-22-19/h6-8,12-13H,2-5,9-11H2,1H3,(H,22,23,24). The van der Waals surface area contributed by atoms with Crippen molar-refractivity contribution in [3.8, 4) is 0 Å². The fourth-order valence-electron chi connectivity index (χ4n) is 3.44. The molecule has 1 N–H and O–H groups in total. The molecule has 0 unspecified atom stereocenters. The first-order valence-corrected chi connectivity index (χ1v) is 10.4. The number of rotatable bonds is 6. The van der Waals surface area contributed by atoms with Crippen LogP contribution in [0.25, 0.3) is 10.2 Å². The summed E-state index contributed by atoms with van der Waals surface area (Å²) in [6.07, 6.45) is 8.17. The number of anilines is 2. The monoisotopic (exact) mass is 381 g/mol. The highest BCUT2D eigenvalue weighted by Gasteiger charge is 2.20. The van der Waals surface area contributed by atoms with Gasteiger partial charge in [-0.15, -0.1) is 11.3 Å². The Kier molecular flexibility index (Phi) is 5.34. The highest BCUT2D eigenvalue weighted by Crippen LogP contribution is 2.38. The van der Waals surface area contributed by atoms with Crippen LogP contribution in [0.3, 0.4) is 0 Å². The van der Waals surface area contributed by atoms with E-state index in [4.69, 9.17) is 4.74 Å². The Balaban J connectivity index is 1.60. The second kappa shape index (κ2) is 8.05. The van der Waals surface area contributed by atoms with E-state index in [1.807, 2.05) is 18.2 Å². The highest BCUT2D eigenvalue weighted by atomic mass is 32.1. The summed E-state index contributed by atoms with van der Waals surface area (Å²) in [5.74, 6) is 0.531. The molecule has 0 bridgehead atoms. The third kappa shape index (κ3) is 3.81. The van der Waals surface area contributed by atoms with Crippen molar-refractivity contribution >= 4 is 39.0 Å². The van der Waals surface area contributed by atoms with E-state index in [0.717, 1.165) is 47.4 Å². The molecule has 0 spiro atoms. The Bertz CT molecular complexity index is 967. The van der Waals surface area contributed by atoms with Gasteiger partial charge in [-0.3, -0.25) is 0 Å². The molecule has 4 rings (SSSR count). The van der Waals surface area contributed by atoms with Gasteiger partial charge >= 0.3 is 5.97 Å². The summed E-state index contributed by atoms with van der Waals surface area (Å²) in [5, 5.41) is 4.53. The molecule has 5 nitrogen and oxygen atoms in total. The minimum Gasteiger partial charge on any atom is -0.462 e. The quantitative estimate of drug-likeness (QED) is 0.465. The normalized spacial score (nSPS) is 13.4. The number of nitrogens with one attached hydrogen (secondary N) is 1. The van der Waals surface area contributed by atoms with E-state index < -0.39 is 0 Å². The minimum absolute atomic E-state index is 0.284. The number of hydrogen-bond donors (Lipinski definition) is 1. The molecule has 1 aromatic carbocycles. The lowest BCUT2D eigenvalue weighted by atomic mass is 9.97. The average Bonchev–Trinajstić information content (AvgIpc) is 3.08. The molecule has 0 saturated heterocycles. The topological polar surface area (TPSA) is 64.1 Å². The maximum atomic E-state index is 12.2. The van der Waals surface area contributed by atoms with Crippen LogP contribution >= 0.6 is 11.3 Å². The lowest BCUT2D eigenvalue weighted by Gasteiger charge is -2.13. The molecule has 0 saturated carbocycles. The summed E-state index contributed by atoms with van der Waals surface area (Å²) >= 11 is 1.78. The zero-order valence-corrected chi connectivity index (χ0v) is 16.3. The molecule has 0 radical (unpaired) electrons. The van der Waals surface area contributed by atoms with Crippen LogP contribution in [-0.2, 0) is 17.6 Å². The summed E-state index contributed by atoms with van der Waals surface area (Å²) in [5.41, 5.74) is 2.77. The molecule has 0 amide bonds. The maximum absolute atomic E-state index is 12.2. The van der Waals surface area contributed by atoms with Crippen molar-refractivity contribution in [3.63, 3.8) is 0 Å². The third-order valence-electron chi connectivity index (χ3n) is 4.84. The Hall–Kier alpha value is -2.47. The van der Waals surface area contributed by atoms with Gasteiger partial charge in [-0.05, 0) is 55.9 Å². The molecule has 2 heterocycles. The lowest BCUT2D eigenvalue weighted by Crippen LogP contribution is -2.07. The fourth-order valence-corrected chi connectivity index (χ4v) is 4.67. The van der Waals surface area contributed by atoms with E-state index >= 15 is 0 Å². The number of carbonyl (C=O) groups is 1. The number of hydrogen-bond acceptors (Lipinski definition) is 6. The summed E-state index contributed by atoms with van der Waals surface area (Å²) in [6.45, 7) is 2.53. The van der Waals surface area contributed by atoms with Crippen LogP contribution in [0.1, 0.15) is 53.4 Å². The van der Waals surface area contributed by atoms with Crippen molar-refractivity contribution < 1.29 is 9.53 Å². The molecule has 1 aliphatic carbocycles. The van der Waals surface area contributed by atoms with E-state index in [2.05, 4.69) is 22.2 Å². The number of carbonyl (C=O) groups excluding carboxylic acids is 1. The highest BCUT2D eigenvalue weighted by molar-refractivity contribution is 7.19. The van der Waals surface area contributed by atoms with Crippen molar-refractivity contribution in [2.75, 3.05) is 11.9 Å². The largest absolute Gasteiger partial charge is 0.462 e. The van der Waals surface area contributed by atoms with Gasteiger partial charge in [0.25, 0.3) is 0 Å². The average molecular weight is 382 g/mol. The zero-order valence-electron chi connectivity index (χ0n) is 15.5. The Morgan fingerprint density at radius 2 is 2.15 bits per heavy atom. The molecule has 0 atom stereocenters. The minimum atomic E-state index is -0.284. The first-order chi connectivity index (χ1) is 13.3. The smallest absolute Gasteiger partial charge is 0.338 e. The van der Waals surface area contributed by atoms with E-state index in [9.17, 15) is 4.79 Å². The number of ether oxygens (including phenoxy) is 1. The molecule has 3 aromatic rings. The fraction of sp³-hybridized carbons (Fsp3) is 0.381. The molecule has 27 heavy (non-hydrogen) atoms. The predicted octanol–water partition coefficient (Wildman–Crippen LogP) is 5.27. The summed E-state index contributed by atoms with van der Waals surface area (Å²) < 4.78 is 5.32. The van der Waals surface area contributed by atoms with E-state index in [-0.39, 0.29) is 5.97 Å². The van der Waals surface area contributed by atoms with Crippen LogP contribution in [0.2, 0.25) is 0 Å². The van der Waals surface area contributed by atoms with Crippen molar-refractivity contribution in [2.24, 2.45) is 0 Å². The van der Waals surface area contributed by atoms with Crippen LogP contribution in [0.5, 0.6) is 0 Å². The van der Waals surface area contributed by atoms with Crippen LogP contribution in [0, 0.1) is 0 Å². The molecular weight excluding hydrogens is 358 g/mol. The van der Waals surface area contributed by atoms with Gasteiger partial charge in [0, 0.05) is 10.6 Å². The van der Waals surface area contributed by atoms with Crippen molar-refractivity contribution in [3.05, 3.63) is 46.6 Å². The van der Waals surface area contributed by atoms with Crippen LogP contribution in [-0.4, -0.2) is 22.5 Å². The predicted molar refractivity (Wildman–Crippen MR) is 109 cm³/mol. The van der Waals surface area contributed by atoms with Gasteiger partial charge < -0.3 is 10.1 Å². The van der Waals surface area contributed by atoms with Gasteiger partial charge in [0.15, 0.2) is 0 Å². The molecule has 140 valence electrons. The second-order valence-corrected chi connectivity index (χ2v) is 7.89. The van der Waals surface area contributed by atoms with E-state index in [0.29, 0.717) is 12.2 Å². The van der Waals surface area contributed by atoms with Crippen molar-refractivity contribution in [1.82, 2.24) is 9.97 Å². The van der Waals surface area contributed by atoms with Crippen molar-refractivity contribution in [1.29, 1.82) is 0 Å². The van der Waals surface area contributed by atoms with Gasteiger partial charge in [0.1, 0.15) is 17.0 Å². The van der Waals surface area contributed by atoms with E-state index in [1.165, 1.54) is 23.3 Å². The summed E-state index contributed by atoms with van der Waals surface area (Å²) in [4.78, 5) is 23.6. The Morgan fingerprint density at radius 3 is 3.04 bits per heavy atom. The molecule has 0 fully saturated rings. The number of nitrogens with zero attached hydrogens (tertiary/aromatic N) is 2. The van der Waals surface area contributed by atoms with Gasteiger partial charge in [-0.25, -0.2) is 14.8 Å². The van der Waals surface area contributed by atoms with Crippen molar-refractivity contribution in [2.45, 2.75) is 45.4 Å². The number of aromatic nitrogens is 2. The van der Waals surface area contributed by atoms with E-state index in [1.54, 1.807) is 23.7 Å². The van der Waals surface area contributed by atoms with Gasteiger partial charge in [0.05, 0.1) is 17.6 Å². The second-order valence-electron chi connectivity index (χ2n) is 6.81.